The van der Waals surface area contributed by atoms with Crippen LogP contribution in [0.3, 0.4) is 0 Å². The lowest BCUT2D eigenvalue weighted by atomic mass is 9.91. The number of piperidine rings is 1. The zero-order valence-electron chi connectivity index (χ0n) is 7.47. The molecule has 0 aromatic rings. The van der Waals surface area contributed by atoms with Crippen LogP contribution >= 0.6 is 12.4 Å². The Balaban J connectivity index is 0.000000845. The molecule has 2 saturated heterocycles. The number of morpholine rings is 1. The molecule has 1 amide bonds. The fraction of sp³-hybridized carbons (Fsp3) is 0.875. The first kappa shape index (κ1) is 10.8. The summed E-state index contributed by atoms with van der Waals surface area (Å²) in [7, 11) is 0. The first-order chi connectivity index (χ1) is 5.81. The van der Waals surface area contributed by atoms with E-state index in [1.54, 1.807) is 0 Å². The fourth-order valence-electron chi connectivity index (χ4n) is 1.78. The highest BCUT2D eigenvalue weighted by Crippen LogP contribution is 2.23. The van der Waals surface area contributed by atoms with Gasteiger partial charge in [-0.15, -0.1) is 12.4 Å². The Morgan fingerprint density at radius 2 is 2.00 bits per heavy atom. The Bertz CT molecular complexity index is 181. The minimum absolute atomic E-state index is 0. The predicted octanol–water partition coefficient (Wildman–Crippen LogP) is -0.323. The quantitative estimate of drug-likeness (QED) is 0.571. The van der Waals surface area contributed by atoms with Gasteiger partial charge in [-0.3, -0.25) is 4.79 Å². The minimum Gasteiger partial charge on any atom is -0.363 e. The molecule has 0 unspecified atom stereocenters. The van der Waals surface area contributed by atoms with Crippen LogP contribution in [0, 0.1) is 0 Å². The van der Waals surface area contributed by atoms with Gasteiger partial charge in [-0.25, -0.2) is 0 Å². The van der Waals surface area contributed by atoms with E-state index in [9.17, 15) is 4.79 Å². The number of nitrogens with one attached hydrogen (secondary N) is 2. The summed E-state index contributed by atoms with van der Waals surface area (Å²) in [6.07, 6.45) is 2.01. The van der Waals surface area contributed by atoms with Crippen molar-refractivity contribution in [2.75, 3.05) is 26.2 Å². The van der Waals surface area contributed by atoms with Gasteiger partial charge in [0.05, 0.1) is 5.60 Å². The van der Waals surface area contributed by atoms with E-state index in [0.29, 0.717) is 6.54 Å². The van der Waals surface area contributed by atoms with Crippen molar-refractivity contribution in [2.24, 2.45) is 0 Å². The van der Waals surface area contributed by atoms with Crippen LogP contribution in [-0.2, 0) is 9.53 Å². The first-order valence-electron chi connectivity index (χ1n) is 4.42. The molecule has 1 spiro atoms. The molecule has 4 nitrogen and oxygen atoms in total. The van der Waals surface area contributed by atoms with Crippen LogP contribution < -0.4 is 10.6 Å². The number of hydrogen-bond donors (Lipinski definition) is 2. The summed E-state index contributed by atoms with van der Waals surface area (Å²) in [6, 6.07) is 0. The summed E-state index contributed by atoms with van der Waals surface area (Å²) in [5.41, 5.74) is -0.0564. The molecule has 13 heavy (non-hydrogen) atoms. The Morgan fingerprint density at radius 3 is 2.54 bits per heavy atom. The SMILES string of the molecule is Cl.O=C1COC2(CCNCC2)CN1. The highest BCUT2D eigenvalue weighted by atomic mass is 35.5. The molecule has 2 rings (SSSR count). The fourth-order valence-corrected chi connectivity index (χ4v) is 1.78. The third-order valence-corrected chi connectivity index (χ3v) is 2.63. The molecule has 0 bridgehead atoms. The molecule has 2 aliphatic rings. The van der Waals surface area contributed by atoms with Gasteiger partial charge in [-0.1, -0.05) is 0 Å². The third kappa shape index (κ3) is 2.33. The molecule has 2 N–H and O–H groups in total. The standard InChI is InChI=1S/C8H14N2O2.ClH/c11-7-5-12-8(6-10-7)1-3-9-4-2-8;/h9H,1-6H2,(H,10,11);1H. The number of carbonyl (C=O) groups excluding carboxylic acids is 1. The molecule has 76 valence electrons. The molecule has 2 fully saturated rings. The monoisotopic (exact) mass is 206 g/mol. The van der Waals surface area contributed by atoms with Gasteiger partial charge >= 0.3 is 0 Å². The van der Waals surface area contributed by atoms with Crippen molar-refractivity contribution < 1.29 is 9.53 Å². The summed E-state index contributed by atoms with van der Waals surface area (Å²) >= 11 is 0. The third-order valence-electron chi connectivity index (χ3n) is 2.63. The average Bonchev–Trinajstić information content (AvgIpc) is 2.13. The normalized spacial score (nSPS) is 26.3. The van der Waals surface area contributed by atoms with Gasteiger partial charge in [-0.05, 0) is 25.9 Å². The van der Waals surface area contributed by atoms with Gasteiger partial charge in [0.25, 0.3) is 0 Å². The summed E-state index contributed by atoms with van der Waals surface area (Å²) in [5.74, 6) is 0.0131. The molecular formula is C8H15ClN2O2. The van der Waals surface area contributed by atoms with Crippen molar-refractivity contribution in [3.8, 4) is 0 Å². The molecule has 0 atom stereocenters. The molecule has 2 aliphatic heterocycles. The van der Waals surface area contributed by atoms with Gasteiger partial charge in [0.2, 0.25) is 5.91 Å². The van der Waals surface area contributed by atoms with Crippen LogP contribution in [0.4, 0.5) is 0 Å². The number of amides is 1. The lowest BCUT2D eigenvalue weighted by molar-refractivity contribution is -0.146. The zero-order valence-corrected chi connectivity index (χ0v) is 8.28. The van der Waals surface area contributed by atoms with Crippen LogP contribution in [0.15, 0.2) is 0 Å². The van der Waals surface area contributed by atoms with Crippen LogP contribution in [0.25, 0.3) is 0 Å². The smallest absolute Gasteiger partial charge is 0.246 e. The number of ether oxygens (including phenoxy) is 1. The zero-order chi connectivity index (χ0) is 8.44. The average molecular weight is 207 g/mol. The Kier molecular flexibility index (Phi) is 3.53. The van der Waals surface area contributed by atoms with E-state index in [4.69, 9.17) is 4.74 Å². The molecule has 0 aromatic carbocycles. The van der Waals surface area contributed by atoms with E-state index in [1.165, 1.54) is 0 Å². The highest BCUT2D eigenvalue weighted by Gasteiger charge is 2.36. The first-order valence-corrected chi connectivity index (χ1v) is 4.42. The summed E-state index contributed by atoms with van der Waals surface area (Å²) in [5, 5.41) is 6.13. The number of carbonyl (C=O) groups is 1. The second-order valence-corrected chi connectivity index (χ2v) is 3.50. The number of rotatable bonds is 0. The van der Waals surface area contributed by atoms with Gasteiger partial charge in [0, 0.05) is 6.54 Å². The molecule has 0 aromatic heterocycles. The van der Waals surface area contributed by atoms with Crippen LogP contribution in [-0.4, -0.2) is 37.7 Å². The topological polar surface area (TPSA) is 50.4 Å². The largest absolute Gasteiger partial charge is 0.363 e. The highest BCUT2D eigenvalue weighted by molar-refractivity contribution is 5.85. The van der Waals surface area contributed by atoms with Crippen molar-refractivity contribution in [2.45, 2.75) is 18.4 Å². The summed E-state index contributed by atoms with van der Waals surface area (Å²) < 4.78 is 5.57. The Labute approximate surface area is 83.8 Å². The van der Waals surface area contributed by atoms with Crippen molar-refractivity contribution in [3.05, 3.63) is 0 Å². The summed E-state index contributed by atoms with van der Waals surface area (Å²) in [4.78, 5) is 10.8. The van der Waals surface area contributed by atoms with E-state index in [2.05, 4.69) is 10.6 Å². The van der Waals surface area contributed by atoms with Crippen molar-refractivity contribution in [1.29, 1.82) is 0 Å². The molecular weight excluding hydrogens is 192 g/mol. The van der Waals surface area contributed by atoms with Crippen LogP contribution in [0.2, 0.25) is 0 Å². The van der Waals surface area contributed by atoms with Crippen molar-refractivity contribution in [1.82, 2.24) is 10.6 Å². The van der Waals surface area contributed by atoms with Gasteiger partial charge < -0.3 is 15.4 Å². The second kappa shape index (κ2) is 4.26. The van der Waals surface area contributed by atoms with E-state index in [1.807, 2.05) is 0 Å². The van der Waals surface area contributed by atoms with Crippen molar-refractivity contribution in [3.63, 3.8) is 0 Å². The summed E-state index contributed by atoms with van der Waals surface area (Å²) in [6.45, 7) is 2.92. The van der Waals surface area contributed by atoms with E-state index < -0.39 is 0 Å². The predicted molar refractivity (Wildman–Crippen MR) is 51.0 cm³/mol. The number of halogens is 1. The number of hydrogen-bond acceptors (Lipinski definition) is 3. The van der Waals surface area contributed by atoms with Crippen molar-refractivity contribution >= 4 is 18.3 Å². The Morgan fingerprint density at radius 1 is 1.31 bits per heavy atom. The van der Waals surface area contributed by atoms with Gasteiger partial charge in [-0.2, -0.15) is 0 Å². The maximum absolute atomic E-state index is 10.8. The molecule has 0 saturated carbocycles. The maximum atomic E-state index is 10.8. The lowest BCUT2D eigenvalue weighted by Crippen LogP contribution is -2.56. The lowest BCUT2D eigenvalue weighted by Gasteiger charge is -2.40. The molecule has 0 radical (unpaired) electrons. The van der Waals surface area contributed by atoms with E-state index in [-0.39, 0.29) is 30.5 Å². The molecule has 5 heteroatoms. The van der Waals surface area contributed by atoms with Crippen LogP contribution in [0.1, 0.15) is 12.8 Å². The van der Waals surface area contributed by atoms with E-state index in [0.717, 1.165) is 25.9 Å². The Hall–Kier alpha value is -0.320. The maximum Gasteiger partial charge on any atom is 0.246 e. The van der Waals surface area contributed by atoms with Gasteiger partial charge in [0.15, 0.2) is 0 Å². The minimum atomic E-state index is -0.0564. The molecule has 2 heterocycles. The van der Waals surface area contributed by atoms with Gasteiger partial charge in [0.1, 0.15) is 6.61 Å². The van der Waals surface area contributed by atoms with E-state index >= 15 is 0 Å². The molecule has 0 aliphatic carbocycles. The van der Waals surface area contributed by atoms with Crippen LogP contribution in [0.5, 0.6) is 0 Å². The second-order valence-electron chi connectivity index (χ2n) is 3.50.